The van der Waals surface area contributed by atoms with Gasteiger partial charge in [0.2, 0.25) is 0 Å². The standard InChI is InChI=1S/C9H21N6P/c1-4-13(7-10-1)16(14-5-2-11-8-14)15-6-3-12-9-15/h10-12H,1-9H2. The molecule has 0 amide bonds. The zero-order chi connectivity index (χ0) is 10.8. The first-order valence-corrected chi connectivity index (χ1v) is 7.32. The Balaban J connectivity index is 1.70. The lowest BCUT2D eigenvalue weighted by Crippen LogP contribution is -2.36. The summed E-state index contributed by atoms with van der Waals surface area (Å²) in [5.41, 5.74) is 0. The molecule has 3 rings (SSSR count). The van der Waals surface area contributed by atoms with Crippen LogP contribution in [0.2, 0.25) is 0 Å². The van der Waals surface area contributed by atoms with Gasteiger partial charge in [-0.2, -0.15) is 0 Å². The van der Waals surface area contributed by atoms with Gasteiger partial charge in [0.05, 0.1) is 20.0 Å². The highest BCUT2D eigenvalue weighted by atomic mass is 31.2. The van der Waals surface area contributed by atoms with Crippen LogP contribution in [0.3, 0.4) is 0 Å². The Bertz CT molecular complexity index is 184. The first-order chi connectivity index (χ1) is 7.95. The van der Waals surface area contributed by atoms with Gasteiger partial charge in [-0.25, -0.2) is 14.0 Å². The molecule has 0 aromatic carbocycles. The maximum atomic E-state index is 3.45. The zero-order valence-corrected chi connectivity index (χ0v) is 10.5. The zero-order valence-electron chi connectivity index (χ0n) is 9.65. The van der Waals surface area contributed by atoms with Gasteiger partial charge in [0.1, 0.15) is 8.37 Å². The Hall–Kier alpha value is 0.190. The Morgan fingerprint density at radius 2 is 1.00 bits per heavy atom. The third-order valence-corrected chi connectivity index (χ3v) is 5.82. The van der Waals surface area contributed by atoms with Gasteiger partial charge in [0.15, 0.2) is 0 Å². The minimum absolute atomic E-state index is 0.252. The van der Waals surface area contributed by atoms with Crippen LogP contribution >= 0.6 is 8.37 Å². The number of nitrogens with zero attached hydrogens (tertiary/aromatic N) is 3. The van der Waals surface area contributed by atoms with E-state index in [1.165, 1.54) is 19.6 Å². The molecule has 3 saturated heterocycles. The highest BCUT2D eigenvalue weighted by Crippen LogP contribution is 2.48. The molecule has 0 aromatic heterocycles. The maximum absolute atomic E-state index is 3.45. The second kappa shape index (κ2) is 5.23. The predicted octanol–water partition coefficient (Wildman–Crippen LogP) is -1.20. The van der Waals surface area contributed by atoms with Crippen molar-refractivity contribution in [3.8, 4) is 0 Å². The first kappa shape index (κ1) is 11.3. The van der Waals surface area contributed by atoms with E-state index in [9.17, 15) is 0 Å². The van der Waals surface area contributed by atoms with E-state index in [2.05, 4.69) is 30.0 Å². The third kappa shape index (κ3) is 2.24. The summed E-state index contributed by atoms with van der Waals surface area (Å²) in [5.74, 6) is 0. The van der Waals surface area contributed by atoms with Crippen LogP contribution in [-0.4, -0.2) is 73.3 Å². The van der Waals surface area contributed by atoms with Crippen LogP contribution in [0, 0.1) is 0 Å². The topological polar surface area (TPSA) is 45.8 Å². The molecule has 0 aliphatic carbocycles. The summed E-state index contributed by atoms with van der Waals surface area (Å²) < 4.78 is 7.82. The van der Waals surface area contributed by atoms with Crippen molar-refractivity contribution >= 4 is 8.37 Å². The maximum Gasteiger partial charge on any atom is 0.123 e. The van der Waals surface area contributed by atoms with Crippen LogP contribution < -0.4 is 16.0 Å². The predicted molar refractivity (Wildman–Crippen MR) is 65.6 cm³/mol. The van der Waals surface area contributed by atoms with Crippen molar-refractivity contribution in [1.82, 2.24) is 30.0 Å². The van der Waals surface area contributed by atoms with E-state index >= 15 is 0 Å². The molecule has 3 aliphatic rings. The molecule has 0 atom stereocenters. The van der Waals surface area contributed by atoms with E-state index in [-0.39, 0.29) is 8.37 Å². The molecule has 6 nitrogen and oxygen atoms in total. The SMILES string of the molecule is C1CN(P(N2CCNC2)N2CCNC2)CN1. The van der Waals surface area contributed by atoms with E-state index < -0.39 is 0 Å². The van der Waals surface area contributed by atoms with Gasteiger partial charge in [0.25, 0.3) is 0 Å². The van der Waals surface area contributed by atoms with Crippen LogP contribution in [0.1, 0.15) is 0 Å². The number of nitrogens with one attached hydrogen (secondary N) is 3. The largest absolute Gasteiger partial charge is 0.303 e. The first-order valence-electron chi connectivity index (χ1n) is 6.12. The van der Waals surface area contributed by atoms with Crippen molar-refractivity contribution in [2.45, 2.75) is 0 Å². The van der Waals surface area contributed by atoms with Crippen molar-refractivity contribution in [3.05, 3.63) is 0 Å². The number of hydrogen-bond acceptors (Lipinski definition) is 6. The molecule has 92 valence electrons. The molecule has 7 heteroatoms. The van der Waals surface area contributed by atoms with E-state index in [4.69, 9.17) is 0 Å². The molecule has 3 heterocycles. The summed E-state index contributed by atoms with van der Waals surface area (Å²) in [4.78, 5) is 0. The Labute approximate surface area is 98.2 Å². The Morgan fingerprint density at radius 1 is 0.625 bits per heavy atom. The fourth-order valence-electron chi connectivity index (χ4n) is 2.48. The lowest BCUT2D eigenvalue weighted by atomic mass is 10.7. The van der Waals surface area contributed by atoms with Crippen LogP contribution in [0.25, 0.3) is 0 Å². The third-order valence-electron chi connectivity index (χ3n) is 3.28. The van der Waals surface area contributed by atoms with Crippen LogP contribution in [-0.2, 0) is 0 Å². The van der Waals surface area contributed by atoms with Gasteiger partial charge in [-0.15, -0.1) is 0 Å². The average Bonchev–Trinajstić information content (AvgIpc) is 3.02. The molecule has 0 aromatic rings. The van der Waals surface area contributed by atoms with Crippen LogP contribution in [0.5, 0.6) is 0 Å². The molecule has 0 radical (unpaired) electrons. The highest BCUT2D eigenvalue weighted by Gasteiger charge is 2.35. The van der Waals surface area contributed by atoms with Gasteiger partial charge in [-0.05, 0) is 0 Å². The van der Waals surface area contributed by atoms with Gasteiger partial charge >= 0.3 is 0 Å². The summed E-state index contributed by atoms with van der Waals surface area (Å²) in [6, 6.07) is 0. The molecule has 0 bridgehead atoms. The molecule has 3 N–H and O–H groups in total. The van der Waals surface area contributed by atoms with E-state index in [1.807, 2.05) is 0 Å². The molecule has 0 unspecified atom stereocenters. The lowest BCUT2D eigenvalue weighted by molar-refractivity contribution is 0.392. The van der Waals surface area contributed by atoms with Gasteiger partial charge in [0, 0.05) is 39.3 Å². The monoisotopic (exact) mass is 244 g/mol. The summed E-state index contributed by atoms with van der Waals surface area (Å²) in [5, 5.41) is 10.3. The van der Waals surface area contributed by atoms with Crippen LogP contribution in [0.15, 0.2) is 0 Å². The Morgan fingerprint density at radius 3 is 1.25 bits per heavy atom. The van der Waals surface area contributed by atoms with E-state index in [1.54, 1.807) is 0 Å². The lowest BCUT2D eigenvalue weighted by Gasteiger charge is -2.38. The summed E-state index contributed by atoms with van der Waals surface area (Å²) in [6.07, 6.45) is 0. The fraction of sp³-hybridized carbons (Fsp3) is 1.00. The minimum atomic E-state index is -0.252. The molecule has 3 fully saturated rings. The van der Waals surface area contributed by atoms with Crippen molar-refractivity contribution in [2.24, 2.45) is 0 Å². The van der Waals surface area contributed by atoms with E-state index in [0.29, 0.717) is 0 Å². The summed E-state index contributed by atoms with van der Waals surface area (Å²) >= 11 is 0. The molecular weight excluding hydrogens is 223 g/mol. The quantitative estimate of drug-likeness (QED) is 0.542. The second-order valence-corrected chi connectivity index (χ2v) is 6.67. The van der Waals surface area contributed by atoms with Gasteiger partial charge in [-0.3, -0.25) is 0 Å². The minimum Gasteiger partial charge on any atom is -0.303 e. The molecule has 3 aliphatic heterocycles. The number of rotatable bonds is 3. The smallest absolute Gasteiger partial charge is 0.123 e. The fourth-order valence-corrected chi connectivity index (χ4v) is 5.07. The highest BCUT2D eigenvalue weighted by molar-refractivity contribution is 7.50. The Kier molecular flexibility index (Phi) is 3.69. The number of hydrogen-bond donors (Lipinski definition) is 3. The van der Waals surface area contributed by atoms with Crippen molar-refractivity contribution in [2.75, 3.05) is 59.3 Å². The second-order valence-electron chi connectivity index (χ2n) is 4.43. The molecule has 16 heavy (non-hydrogen) atoms. The average molecular weight is 244 g/mol. The van der Waals surface area contributed by atoms with E-state index in [0.717, 1.165) is 39.6 Å². The molecular formula is C9H21N6P. The van der Waals surface area contributed by atoms with Gasteiger partial charge < -0.3 is 16.0 Å². The van der Waals surface area contributed by atoms with Crippen molar-refractivity contribution in [1.29, 1.82) is 0 Å². The van der Waals surface area contributed by atoms with Gasteiger partial charge in [-0.1, -0.05) is 0 Å². The normalized spacial score (nSPS) is 29.8. The summed E-state index contributed by atoms with van der Waals surface area (Å²) in [6.45, 7) is 10.2. The van der Waals surface area contributed by atoms with Crippen molar-refractivity contribution < 1.29 is 0 Å². The van der Waals surface area contributed by atoms with Crippen LogP contribution in [0.4, 0.5) is 0 Å². The summed E-state index contributed by atoms with van der Waals surface area (Å²) in [7, 11) is -0.252. The molecule has 0 spiro atoms. The molecule has 0 saturated carbocycles. The van der Waals surface area contributed by atoms with Crippen molar-refractivity contribution in [3.63, 3.8) is 0 Å².